The van der Waals surface area contributed by atoms with E-state index in [2.05, 4.69) is 10.00 Å². The molecule has 0 radical (unpaired) electrons. The van der Waals surface area contributed by atoms with Gasteiger partial charge in [-0.1, -0.05) is 0 Å². The minimum Gasteiger partial charge on any atom is -0.298 e. The van der Waals surface area contributed by atoms with E-state index in [9.17, 15) is 13.2 Å². The lowest BCUT2D eigenvalue weighted by Gasteiger charge is -2.31. The molecule has 25 heavy (non-hydrogen) atoms. The molecule has 1 aromatic heterocycles. The Balaban J connectivity index is 1.40. The third-order valence-corrected chi connectivity index (χ3v) is 7.65. The lowest BCUT2D eigenvalue weighted by molar-refractivity contribution is 0.186. The molecule has 2 saturated heterocycles. The van der Waals surface area contributed by atoms with Crippen molar-refractivity contribution in [1.29, 1.82) is 0 Å². The molecule has 4 rings (SSSR count). The summed E-state index contributed by atoms with van der Waals surface area (Å²) in [5.41, 5.74) is 1.04. The number of sulfone groups is 1. The SMILES string of the molecule is O=c1ccc(C2CC2)nn1CC1CCCN1CC1CCS(=O)(=O)CC1. The quantitative estimate of drug-likeness (QED) is 0.789. The zero-order valence-corrected chi connectivity index (χ0v) is 15.5. The normalized spacial score (nSPS) is 27.6. The van der Waals surface area contributed by atoms with E-state index in [1.165, 1.54) is 12.8 Å². The zero-order valence-electron chi connectivity index (χ0n) is 14.6. The van der Waals surface area contributed by atoms with E-state index >= 15 is 0 Å². The second-order valence-corrected chi connectivity index (χ2v) is 10.2. The van der Waals surface area contributed by atoms with E-state index in [1.807, 2.05) is 6.07 Å². The van der Waals surface area contributed by atoms with Crippen molar-refractivity contribution in [2.45, 2.75) is 57.0 Å². The Morgan fingerprint density at radius 3 is 2.52 bits per heavy atom. The maximum absolute atomic E-state index is 12.2. The molecule has 1 saturated carbocycles. The molecule has 0 spiro atoms. The van der Waals surface area contributed by atoms with Gasteiger partial charge in [-0.05, 0) is 57.1 Å². The van der Waals surface area contributed by atoms with E-state index in [0.29, 0.717) is 35.9 Å². The highest BCUT2D eigenvalue weighted by Crippen LogP contribution is 2.38. The number of likely N-dealkylation sites (tertiary alicyclic amines) is 1. The number of hydrogen-bond donors (Lipinski definition) is 0. The summed E-state index contributed by atoms with van der Waals surface area (Å²) in [7, 11) is -2.80. The van der Waals surface area contributed by atoms with Crippen LogP contribution in [0.3, 0.4) is 0 Å². The van der Waals surface area contributed by atoms with Gasteiger partial charge in [-0.25, -0.2) is 13.1 Å². The smallest absolute Gasteiger partial charge is 0.266 e. The molecule has 3 heterocycles. The number of hydrogen-bond acceptors (Lipinski definition) is 5. The van der Waals surface area contributed by atoms with Gasteiger partial charge in [0, 0.05) is 24.6 Å². The van der Waals surface area contributed by atoms with Gasteiger partial charge < -0.3 is 0 Å². The summed E-state index contributed by atoms with van der Waals surface area (Å²) in [6, 6.07) is 3.88. The molecule has 3 fully saturated rings. The van der Waals surface area contributed by atoms with Crippen molar-refractivity contribution >= 4 is 9.84 Å². The van der Waals surface area contributed by atoms with Gasteiger partial charge in [0.05, 0.1) is 23.7 Å². The van der Waals surface area contributed by atoms with Crippen molar-refractivity contribution in [1.82, 2.24) is 14.7 Å². The molecule has 7 heteroatoms. The van der Waals surface area contributed by atoms with Gasteiger partial charge in [-0.2, -0.15) is 5.10 Å². The average Bonchev–Trinajstić information content (AvgIpc) is 3.34. The van der Waals surface area contributed by atoms with E-state index < -0.39 is 9.84 Å². The van der Waals surface area contributed by atoms with Gasteiger partial charge in [0.15, 0.2) is 0 Å². The minimum atomic E-state index is -2.80. The average molecular weight is 365 g/mol. The molecule has 1 aromatic rings. The first-order chi connectivity index (χ1) is 12.0. The van der Waals surface area contributed by atoms with Crippen LogP contribution in [0.1, 0.15) is 50.1 Å². The van der Waals surface area contributed by atoms with Crippen LogP contribution in [0.2, 0.25) is 0 Å². The van der Waals surface area contributed by atoms with Crippen molar-refractivity contribution in [3.8, 4) is 0 Å². The Morgan fingerprint density at radius 2 is 1.80 bits per heavy atom. The van der Waals surface area contributed by atoms with E-state index in [0.717, 1.165) is 44.5 Å². The van der Waals surface area contributed by atoms with E-state index in [4.69, 9.17) is 0 Å². The molecule has 1 unspecified atom stereocenters. The molecule has 1 aliphatic carbocycles. The Morgan fingerprint density at radius 1 is 1.04 bits per heavy atom. The van der Waals surface area contributed by atoms with Crippen molar-refractivity contribution < 1.29 is 8.42 Å². The minimum absolute atomic E-state index is 0.0139. The van der Waals surface area contributed by atoms with Crippen LogP contribution in [0.15, 0.2) is 16.9 Å². The highest BCUT2D eigenvalue weighted by atomic mass is 32.2. The molecule has 138 valence electrons. The Kier molecular flexibility index (Phi) is 4.71. The van der Waals surface area contributed by atoms with Gasteiger partial charge in [-0.15, -0.1) is 0 Å². The fraction of sp³-hybridized carbons (Fsp3) is 0.778. The summed E-state index contributed by atoms with van der Waals surface area (Å²) in [6.07, 6.45) is 6.16. The molecule has 2 aliphatic heterocycles. The summed E-state index contributed by atoms with van der Waals surface area (Å²) < 4.78 is 24.9. The molecule has 0 bridgehead atoms. The summed E-state index contributed by atoms with van der Waals surface area (Å²) in [4.78, 5) is 14.6. The molecular formula is C18H27N3O3S. The van der Waals surface area contributed by atoms with Crippen LogP contribution < -0.4 is 5.56 Å². The maximum Gasteiger partial charge on any atom is 0.266 e. The molecule has 3 aliphatic rings. The topological polar surface area (TPSA) is 72.3 Å². The lowest BCUT2D eigenvalue weighted by atomic mass is 10.0. The second kappa shape index (κ2) is 6.83. The summed E-state index contributed by atoms with van der Waals surface area (Å²) in [6.45, 7) is 2.66. The predicted molar refractivity (Wildman–Crippen MR) is 96.4 cm³/mol. The molecule has 6 nitrogen and oxygen atoms in total. The first kappa shape index (κ1) is 17.2. The monoisotopic (exact) mass is 365 g/mol. The Labute approximate surface area is 149 Å². The van der Waals surface area contributed by atoms with Gasteiger partial charge >= 0.3 is 0 Å². The maximum atomic E-state index is 12.2. The fourth-order valence-corrected chi connectivity index (χ4v) is 5.78. The second-order valence-electron chi connectivity index (χ2n) is 7.94. The van der Waals surface area contributed by atoms with Gasteiger partial charge in [0.1, 0.15) is 9.84 Å². The third kappa shape index (κ3) is 4.14. The van der Waals surface area contributed by atoms with Gasteiger partial charge in [0.25, 0.3) is 5.56 Å². The van der Waals surface area contributed by atoms with Crippen LogP contribution in [0.25, 0.3) is 0 Å². The highest BCUT2D eigenvalue weighted by molar-refractivity contribution is 7.91. The standard InChI is InChI=1S/C18H27N3O3S/c22-18-6-5-17(15-3-4-15)19-21(18)13-16-2-1-9-20(16)12-14-7-10-25(23,24)11-8-14/h5-6,14-16H,1-4,7-13H2. The van der Waals surface area contributed by atoms with Gasteiger partial charge in [0.2, 0.25) is 0 Å². The molecule has 0 N–H and O–H groups in total. The van der Waals surface area contributed by atoms with Crippen LogP contribution in [0.4, 0.5) is 0 Å². The van der Waals surface area contributed by atoms with Crippen molar-refractivity contribution in [2.24, 2.45) is 5.92 Å². The van der Waals surface area contributed by atoms with Crippen molar-refractivity contribution in [3.63, 3.8) is 0 Å². The fourth-order valence-electron chi connectivity index (χ4n) is 4.19. The third-order valence-electron chi connectivity index (χ3n) is 5.93. The van der Waals surface area contributed by atoms with Crippen molar-refractivity contribution in [2.75, 3.05) is 24.6 Å². The van der Waals surface area contributed by atoms with Crippen LogP contribution in [-0.4, -0.2) is 53.7 Å². The lowest BCUT2D eigenvalue weighted by Crippen LogP contribution is -2.41. The first-order valence-electron chi connectivity index (χ1n) is 9.53. The van der Waals surface area contributed by atoms with Crippen LogP contribution in [0.5, 0.6) is 0 Å². The van der Waals surface area contributed by atoms with E-state index in [1.54, 1.807) is 10.7 Å². The summed E-state index contributed by atoms with van der Waals surface area (Å²) in [5.74, 6) is 1.68. The molecular weight excluding hydrogens is 338 g/mol. The van der Waals surface area contributed by atoms with Crippen LogP contribution >= 0.6 is 0 Å². The number of rotatable bonds is 5. The number of aromatic nitrogens is 2. The summed E-state index contributed by atoms with van der Waals surface area (Å²) >= 11 is 0. The Hall–Kier alpha value is -1.21. The zero-order chi connectivity index (χ0) is 17.4. The van der Waals surface area contributed by atoms with Crippen LogP contribution in [0, 0.1) is 5.92 Å². The predicted octanol–water partition coefficient (Wildman–Crippen LogP) is 1.41. The summed E-state index contributed by atoms with van der Waals surface area (Å²) in [5, 5.41) is 4.60. The molecule has 0 amide bonds. The molecule has 0 aromatic carbocycles. The van der Waals surface area contributed by atoms with Crippen molar-refractivity contribution in [3.05, 3.63) is 28.2 Å². The largest absolute Gasteiger partial charge is 0.298 e. The number of nitrogens with zero attached hydrogens (tertiary/aromatic N) is 3. The highest BCUT2D eigenvalue weighted by Gasteiger charge is 2.31. The van der Waals surface area contributed by atoms with Crippen LogP contribution in [-0.2, 0) is 16.4 Å². The molecule has 1 atom stereocenters. The van der Waals surface area contributed by atoms with Gasteiger partial charge in [-0.3, -0.25) is 9.69 Å². The Bertz CT molecular complexity index is 771. The first-order valence-corrected chi connectivity index (χ1v) is 11.3. The van der Waals surface area contributed by atoms with E-state index in [-0.39, 0.29) is 5.56 Å².